The number of para-hydroxylation sites is 1. The first-order chi connectivity index (χ1) is 11.8. The van der Waals surface area contributed by atoms with E-state index in [9.17, 15) is 13.2 Å². The molecule has 1 amide bonds. The average molecular weight is 357 g/mol. The highest BCUT2D eigenvalue weighted by Gasteiger charge is 2.18. The minimum Gasteiger partial charge on any atom is -0.459 e. The van der Waals surface area contributed by atoms with Crippen LogP contribution in [0.2, 0.25) is 0 Å². The molecule has 1 N–H and O–H groups in total. The van der Waals surface area contributed by atoms with Crippen LogP contribution in [0.4, 0.5) is 0 Å². The van der Waals surface area contributed by atoms with Crippen LogP contribution >= 0.6 is 0 Å². The van der Waals surface area contributed by atoms with Gasteiger partial charge in [-0.15, -0.1) is 0 Å². The van der Waals surface area contributed by atoms with Crippen molar-refractivity contribution in [2.75, 3.05) is 6.26 Å². The fraction of sp³-hybridized carbons (Fsp3) is 0.211. The van der Waals surface area contributed by atoms with Crippen molar-refractivity contribution < 1.29 is 17.6 Å². The lowest BCUT2D eigenvalue weighted by Crippen LogP contribution is -2.27. The molecule has 1 unspecified atom stereocenters. The van der Waals surface area contributed by atoms with Gasteiger partial charge in [-0.2, -0.15) is 0 Å². The van der Waals surface area contributed by atoms with Crippen LogP contribution in [-0.2, 0) is 9.84 Å². The Balaban J connectivity index is 1.86. The highest BCUT2D eigenvalue weighted by Crippen LogP contribution is 2.24. The Morgan fingerprint density at radius 3 is 2.52 bits per heavy atom. The van der Waals surface area contributed by atoms with Crippen LogP contribution < -0.4 is 5.32 Å². The molecular weight excluding hydrogens is 338 g/mol. The van der Waals surface area contributed by atoms with Gasteiger partial charge in [-0.05, 0) is 43.7 Å². The van der Waals surface area contributed by atoms with Crippen molar-refractivity contribution in [2.24, 2.45) is 0 Å². The molecule has 0 saturated heterocycles. The zero-order valence-corrected chi connectivity index (χ0v) is 15.1. The van der Waals surface area contributed by atoms with Crippen LogP contribution in [0.5, 0.6) is 0 Å². The molecule has 25 heavy (non-hydrogen) atoms. The molecule has 2 aromatic carbocycles. The molecule has 0 aliphatic rings. The molecule has 3 rings (SSSR count). The molecular formula is C19H19NO4S. The molecule has 0 bridgehead atoms. The summed E-state index contributed by atoms with van der Waals surface area (Å²) in [6.07, 6.45) is 1.12. The minimum atomic E-state index is -3.37. The van der Waals surface area contributed by atoms with E-state index in [0.29, 0.717) is 16.9 Å². The molecule has 0 spiro atoms. The minimum absolute atomic E-state index is 0.125. The Morgan fingerprint density at radius 1 is 1.12 bits per heavy atom. The summed E-state index contributed by atoms with van der Waals surface area (Å²) in [4.78, 5) is 12.7. The van der Waals surface area contributed by atoms with E-state index in [1.165, 1.54) is 12.1 Å². The number of aryl methyl sites for hydroxylation is 1. The third-order valence-corrected chi connectivity index (χ3v) is 5.21. The van der Waals surface area contributed by atoms with Gasteiger partial charge in [-0.3, -0.25) is 4.79 Å². The number of hydrogen-bond donors (Lipinski definition) is 1. The van der Waals surface area contributed by atoms with E-state index in [-0.39, 0.29) is 16.8 Å². The molecule has 0 aliphatic carbocycles. The van der Waals surface area contributed by atoms with Gasteiger partial charge in [0, 0.05) is 17.2 Å². The molecule has 0 saturated carbocycles. The van der Waals surface area contributed by atoms with Gasteiger partial charge in [0.1, 0.15) is 11.3 Å². The molecule has 1 atom stereocenters. The third kappa shape index (κ3) is 3.58. The average Bonchev–Trinajstić information content (AvgIpc) is 2.98. The second-order valence-corrected chi connectivity index (χ2v) is 8.15. The topological polar surface area (TPSA) is 76.4 Å². The SMILES string of the molecule is Cc1ccc(S(C)(=O)=O)cc1C(=O)NC(C)c1cc2ccccc2o1. The molecule has 1 aromatic heterocycles. The van der Waals surface area contributed by atoms with Gasteiger partial charge in [0.2, 0.25) is 0 Å². The monoisotopic (exact) mass is 357 g/mol. The van der Waals surface area contributed by atoms with Crippen molar-refractivity contribution in [1.29, 1.82) is 0 Å². The zero-order valence-electron chi connectivity index (χ0n) is 14.2. The maximum atomic E-state index is 12.6. The van der Waals surface area contributed by atoms with E-state index >= 15 is 0 Å². The summed E-state index contributed by atoms with van der Waals surface area (Å²) < 4.78 is 29.2. The number of amides is 1. The van der Waals surface area contributed by atoms with Crippen LogP contribution in [0.15, 0.2) is 57.8 Å². The molecule has 0 radical (unpaired) electrons. The van der Waals surface area contributed by atoms with E-state index < -0.39 is 9.84 Å². The van der Waals surface area contributed by atoms with E-state index in [4.69, 9.17) is 4.42 Å². The highest BCUT2D eigenvalue weighted by atomic mass is 32.2. The lowest BCUT2D eigenvalue weighted by molar-refractivity contribution is 0.0935. The molecule has 6 heteroatoms. The summed E-state index contributed by atoms with van der Waals surface area (Å²) in [5.74, 6) is 0.308. The quantitative estimate of drug-likeness (QED) is 0.773. The Hall–Kier alpha value is -2.60. The second-order valence-electron chi connectivity index (χ2n) is 6.13. The maximum Gasteiger partial charge on any atom is 0.252 e. The van der Waals surface area contributed by atoms with Gasteiger partial charge in [0.15, 0.2) is 9.84 Å². The summed E-state index contributed by atoms with van der Waals surface area (Å²) in [5.41, 5.74) is 1.81. The van der Waals surface area contributed by atoms with E-state index in [2.05, 4.69) is 5.32 Å². The summed E-state index contributed by atoms with van der Waals surface area (Å²) in [6.45, 7) is 3.60. The molecule has 0 aliphatic heterocycles. The van der Waals surface area contributed by atoms with Crippen molar-refractivity contribution in [1.82, 2.24) is 5.32 Å². The van der Waals surface area contributed by atoms with Gasteiger partial charge in [-0.1, -0.05) is 24.3 Å². The molecule has 5 nitrogen and oxygen atoms in total. The van der Waals surface area contributed by atoms with Crippen molar-refractivity contribution in [3.8, 4) is 0 Å². The fourth-order valence-corrected chi connectivity index (χ4v) is 3.28. The van der Waals surface area contributed by atoms with Crippen LogP contribution in [0, 0.1) is 6.92 Å². The van der Waals surface area contributed by atoms with Crippen LogP contribution in [0.3, 0.4) is 0 Å². The predicted octanol–water partition coefficient (Wildman–Crippen LogP) is 3.64. The van der Waals surface area contributed by atoms with E-state index in [0.717, 1.165) is 17.2 Å². The van der Waals surface area contributed by atoms with Crippen molar-refractivity contribution >= 4 is 26.7 Å². The van der Waals surface area contributed by atoms with Gasteiger partial charge < -0.3 is 9.73 Å². The number of nitrogens with one attached hydrogen (secondary N) is 1. The molecule has 0 fully saturated rings. The summed E-state index contributed by atoms with van der Waals surface area (Å²) >= 11 is 0. The van der Waals surface area contributed by atoms with Gasteiger partial charge in [0.05, 0.1) is 10.9 Å². The largest absolute Gasteiger partial charge is 0.459 e. The number of sulfone groups is 1. The first kappa shape index (κ1) is 17.2. The number of carbonyl (C=O) groups excluding carboxylic acids is 1. The number of carbonyl (C=O) groups is 1. The first-order valence-electron chi connectivity index (χ1n) is 7.86. The second kappa shape index (κ2) is 6.37. The van der Waals surface area contributed by atoms with Crippen molar-refractivity contribution in [3.05, 3.63) is 65.4 Å². The number of furan rings is 1. The summed E-state index contributed by atoms with van der Waals surface area (Å²) in [7, 11) is -3.37. The Labute approximate surface area is 146 Å². The maximum absolute atomic E-state index is 12.6. The Kier molecular flexibility index (Phi) is 4.39. The highest BCUT2D eigenvalue weighted by molar-refractivity contribution is 7.90. The van der Waals surface area contributed by atoms with Crippen LogP contribution in [0.25, 0.3) is 11.0 Å². The fourth-order valence-electron chi connectivity index (χ4n) is 2.64. The lowest BCUT2D eigenvalue weighted by Gasteiger charge is -2.13. The van der Waals surface area contributed by atoms with E-state index in [1.54, 1.807) is 13.0 Å². The smallest absolute Gasteiger partial charge is 0.252 e. The molecule has 130 valence electrons. The Morgan fingerprint density at radius 2 is 1.84 bits per heavy atom. The predicted molar refractivity (Wildman–Crippen MR) is 96.4 cm³/mol. The van der Waals surface area contributed by atoms with Crippen LogP contribution in [-0.4, -0.2) is 20.6 Å². The molecule has 1 heterocycles. The lowest BCUT2D eigenvalue weighted by atomic mass is 10.1. The summed E-state index contributed by atoms with van der Waals surface area (Å²) in [6, 6.07) is 13.7. The summed E-state index contributed by atoms with van der Waals surface area (Å²) in [5, 5.41) is 3.83. The van der Waals surface area contributed by atoms with E-state index in [1.807, 2.05) is 37.3 Å². The van der Waals surface area contributed by atoms with Gasteiger partial charge in [0.25, 0.3) is 5.91 Å². The number of rotatable bonds is 4. The van der Waals surface area contributed by atoms with Gasteiger partial charge >= 0.3 is 0 Å². The standard InChI is InChI=1S/C19H19NO4S/c1-12-8-9-15(25(3,22)23)11-16(12)19(21)20-13(2)18-10-14-6-4-5-7-17(14)24-18/h4-11,13H,1-3H3,(H,20,21). The van der Waals surface area contributed by atoms with Gasteiger partial charge in [-0.25, -0.2) is 8.42 Å². The first-order valence-corrected chi connectivity index (χ1v) is 9.75. The molecule has 3 aromatic rings. The Bertz CT molecular complexity index is 1020. The van der Waals surface area contributed by atoms with Crippen molar-refractivity contribution in [2.45, 2.75) is 24.8 Å². The van der Waals surface area contributed by atoms with Crippen LogP contribution in [0.1, 0.15) is 34.6 Å². The number of hydrogen-bond acceptors (Lipinski definition) is 4. The number of fused-ring (bicyclic) bond motifs is 1. The van der Waals surface area contributed by atoms with Crippen molar-refractivity contribution in [3.63, 3.8) is 0 Å². The zero-order chi connectivity index (χ0) is 18.2. The third-order valence-electron chi connectivity index (χ3n) is 4.10. The number of benzene rings is 2. The normalized spacial score (nSPS) is 12.9.